The second-order valence-corrected chi connectivity index (χ2v) is 8.22. The van der Waals surface area contributed by atoms with E-state index in [1.807, 2.05) is 42.5 Å². The highest BCUT2D eigenvalue weighted by Crippen LogP contribution is 2.34. The summed E-state index contributed by atoms with van der Waals surface area (Å²) < 4.78 is 11.2. The Balaban J connectivity index is 1.52. The minimum atomic E-state index is -0.0913. The fraction of sp³-hybridized carbons (Fsp3) is 0.182. The minimum Gasteiger partial charge on any atom is -0.493 e. The molecule has 0 unspecified atom stereocenters. The predicted molar refractivity (Wildman–Crippen MR) is 123 cm³/mol. The maximum absolute atomic E-state index is 13.0. The first-order valence-electron chi connectivity index (χ1n) is 9.26. The summed E-state index contributed by atoms with van der Waals surface area (Å²) in [5.74, 6) is 1.25. The predicted octanol–water partition coefficient (Wildman–Crippen LogP) is 4.09. The molecule has 6 nitrogen and oxygen atoms in total. The largest absolute Gasteiger partial charge is 0.493 e. The van der Waals surface area contributed by atoms with E-state index in [-0.39, 0.29) is 5.91 Å². The van der Waals surface area contributed by atoms with Gasteiger partial charge in [-0.3, -0.25) is 19.7 Å². The summed E-state index contributed by atoms with van der Waals surface area (Å²) in [6.45, 7) is 0.493. The minimum absolute atomic E-state index is 0.0913. The molecule has 0 spiro atoms. The van der Waals surface area contributed by atoms with E-state index in [0.717, 1.165) is 22.2 Å². The summed E-state index contributed by atoms with van der Waals surface area (Å²) in [6.07, 6.45) is 5.79. The molecule has 3 aromatic rings. The molecule has 0 aliphatic carbocycles. The number of carbonyl (C=O) groups excluding carboxylic acids is 1. The molecular formula is C22H19N3O3S2. The third-order valence-electron chi connectivity index (χ3n) is 4.76. The molecule has 1 aliphatic rings. The molecule has 0 atom stereocenters. The fourth-order valence-electron chi connectivity index (χ4n) is 3.24. The highest BCUT2D eigenvalue weighted by Gasteiger charge is 2.31. The zero-order valence-corrected chi connectivity index (χ0v) is 18.1. The number of carbonyl (C=O) groups is 1. The van der Waals surface area contributed by atoms with Gasteiger partial charge < -0.3 is 9.47 Å². The standard InChI is InChI=1S/C22H19N3O3S2/c1-27-17-7-6-14(12-18(17)28-2)8-11-25-21(26)19(30-22(25)29)13-15-4-3-5-16-20(15)24-10-9-23-16/h3-7,9-10,12-13H,8,11H2,1-2H3. The second kappa shape index (κ2) is 8.81. The number of thioether (sulfide) groups is 1. The van der Waals surface area contributed by atoms with Crippen LogP contribution in [0.2, 0.25) is 0 Å². The lowest BCUT2D eigenvalue weighted by atomic mass is 10.1. The van der Waals surface area contributed by atoms with Gasteiger partial charge in [0.25, 0.3) is 5.91 Å². The van der Waals surface area contributed by atoms with Crippen molar-refractivity contribution in [3.63, 3.8) is 0 Å². The van der Waals surface area contributed by atoms with Gasteiger partial charge >= 0.3 is 0 Å². The highest BCUT2D eigenvalue weighted by atomic mass is 32.2. The van der Waals surface area contributed by atoms with Crippen LogP contribution in [0.1, 0.15) is 11.1 Å². The van der Waals surface area contributed by atoms with Crippen LogP contribution in [0.15, 0.2) is 53.7 Å². The van der Waals surface area contributed by atoms with Gasteiger partial charge in [0.05, 0.1) is 30.2 Å². The van der Waals surface area contributed by atoms with E-state index in [9.17, 15) is 4.79 Å². The second-order valence-electron chi connectivity index (χ2n) is 6.54. The number of methoxy groups -OCH3 is 2. The lowest BCUT2D eigenvalue weighted by Crippen LogP contribution is -2.30. The van der Waals surface area contributed by atoms with E-state index >= 15 is 0 Å². The molecule has 1 amide bonds. The Hall–Kier alpha value is -2.97. The number of thiocarbonyl (C=S) groups is 1. The number of fused-ring (bicyclic) bond motifs is 1. The molecule has 0 N–H and O–H groups in total. The normalized spacial score (nSPS) is 15.3. The van der Waals surface area contributed by atoms with Crippen molar-refractivity contribution in [3.8, 4) is 11.5 Å². The van der Waals surface area contributed by atoms with Crippen molar-refractivity contribution in [1.29, 1.82) is 0 Å². The lowest BCUT2D eigenvalue weighted by molar-refractivity contribution is -0.122. The van der Waals surface area contributed by atoms with Gasteiger partial charge in [0.2, 0.25) is 0 Å². The van der Waals surface area contributed by atoms with Crippen LogP contribution in [-0.4, -0.2) is 45.9 Å². The summed E-state index contributed by atoms with van der Waals surface area (Å²) in [4.78, 5) is 23.9. The highest BCUT2D eigenvalue weighted by molar-refractivity contribution is 8.26. The van der Waals surface area contributed by atoms with E-state index < -0.39 is 0 Å². The van der Waals surface area contributed by atoms with Crippen LogP contribution in [0.3, 0.4) is 0 Å². The van der Waals surface area contributed by atoms with Crippen LogP contribution in [0, 0.1) is 0 Å². The molecule has 30 heavy (non-hydrogen) atoms. The van der Waals surface area contributed by atoms with Gasteiger partial charge in [-0.05, 0) is 36.3 Å². The maximum Gasteiger partial charge on any atom is 0.266 e. The summed E-state index contributed by atoms with van der Waals surface area (Å²) in [5.41, 5.74) is 3.43. The molecule has 152 valence electrons. The van der Waals surface area contributed by atoms with Gasteiger partial charge in [-0.2, -0.15) is 0 Å². The molecule has 1 saturated heterocycles. The smallest absolute Gasteiger partial charge is 0.266 e. The lowest BCUT2D eigenvalue weighted by Gasteiger charge is -2.15. The third kappa shape index (κ3) is 4.01. The first kappa shape index (κ1) is 20.3. The number of rotatable bonds is 6. The molecule has 1 aromatic heterocycles. The summed E-state index contributed by atoms with van der Waals surface area (Å²) in [6, 6.07) is 11.5. The number of benzene rings is 2. The van der Waals surface area contributed by atoms with E-state index in [1.165, 1.54) is 11.8 Å². The molecule has 2 aromatic carbocycles. The zero-order valence-electron chi connectivity index (χ0n) is 16.5. The first-order chi connectivity index (χ1) is 14.6. The van der Waals surface area contributed by atoms with Crippen molar-refractivity contribution >= 4 is 51.3 Å². The molecule has 2 heterocycles. The molecule has 1 aliphatic heterocycles. The Morgan fingerprint density at radius 3 is 2.70 bits per heavy atom. The van der Waals surface area contributed by atoms with Crippen molar-refractivity contribution in [2.45, 2.75) is 6.42 Å². The Morgan fingerprint density at radius 1 is 1.10 bits per heavy atom. The van der Waals surface area contributed by atoms with Gasteiger partial charge in [0.1, 0.15) is 4.32 Å². The number of hydrogen-bond donors (Lipinski definition) is 0. The van der Waals surface area contributed by atoms with Gasteiger partial charge in [-0.25, -0.2) is 0 Å². The van der Waals surface area contributed by atoms with Gasteiger partial charge in [0.15, 0.2) is 11.5 Å². The number of hydrogen-bond acceptors (Lipinski definition) is 7. The van der Waals surface area contributed by atoms with Gasteiger partial charge in [-0.1, -0.05) is 42.2 Å². The number of aromatic nitrogens is 2. The Labute approximate surface area is 183 Å². The van der Waals surface area contributed by atoms with Crippen LogP contribution in [0.25, 0.3) is 17.1 Å². The number of ether oxygens (including phenoxy) is 2. The average Bonchev–Trinajstić information content (AvgIpc) is 3.04. The van der Waals surface area contributed by atoms with Crippen LogP contribution in [0.5, 0.6) is 11.5 Å². The van der Waals surface area contributed by atoms with Crippen LogP contribution >= 0.6 is 24.0 Å². The Bertz CT molecular complexity index is 1160. The van der Waals surface area contributed by atoms with Crippen molar-refractivity contribution in [3.05, 3.63) is 64.8 Å². The molecule has 1 fully saturated rings. The molecule has 0 radical (unpaired) electrons. The quantitative estimate of drug-likeness (QED) is 0.425. The van der Waals surface area contributed by atoms with E-state index in [1.54, 1.807) is 31.5 Å². The number of nitrogens with zero attached hydrogens (tertiary/aromatic N) is 3. The van der Waals surface area contributed by atoms with Gasteiger partial charge in [0, 0.05) is 24.5 Å². The number of amides is 1. The monoisotopic (exact) mass is 437 g/mol. The average molecular weight is 438 g/mol. The zero-order chi connectivity index (χ0) is 21.1. The van der Waals surface area contributed by atoms with Crippen molar-refractivity contribution < 1.29 is 14.3 Å². The maximum atomic E-state index is 13.0. The molecule has 4 rings (SSSR count). The number of para-hydroxylation sites is 1. The molecule has 8 heteroatoms. The topological polar surface area (TPSA) is 64.5 Å². The Kier molecular flexibility index (Phi) is 5.96. The first-order valence-corrected chi connectivity index (χ1v) is 10.5. The van der Waals surface area contributed by atoms with Crippen LogP contribution in [0.4, 0.5) is 0 Å². The third-order valence-corrected chi connectivity index (χ3v) is 6.14. The van der Waals surface area contributed by atoms with Crippen molar-refractivity contribution in [2.75, 3.05) is 20.8 Å². The summed E-state index contributed by atoms with van der Waals surface area (Å²) in [5, 5.41) is 0. The fourth-order valence-corrected chi connectivity index (χ4v) is 4.54. The van der Waals surface area contributed by atoms with Crippen LogP contribution < -0.4 is 9.47 Å². The SMILES string of the molecule is COc1ccc(CCN2C(=O)C(=Cc3cccc4nccnc34)SC2=S)cc1OC. The van der Waals surface area contributed by atoms with Crippen LogP contribution in [-0.2, 0) is 11.2 Å². The van der Waals surface area contributed by atoms with E-state index in [2.05, 4.69) is 9.97 Å². The summed E-state index contributed by atoms with van der Waals surface area (Å²) in [7, 11) is 3.21. The van der Waals surface area contributed by atoms with Crippen molar-refractivity contribution in [2.24, 2.45) is 0 Å². The molecule has 0 saturated carbocycles. The van der Waals surface area contributed by atoms with E-state index in [4.69, 9.17) is 21.7 Å². The van der Waals surface area contributed by atoms with Crippen molar-refractivity contribution in [1.82, 2.24) is 14.9 Å². The van der Waals surface area contributed by atoms with E-state index in [0.29, 0.717) is 33.7 Å². The molecule has 0 bridgehead atoms. The Morgan fingerprint density at radius 2 is 1.90 bits per heavy atom. The summed E-state index contributed by atoms with van der Waals surface area (Å²) >= 11 is 6.77. The molecular weight excluding hydrogens is 418 g/mol. The van der Waals surface area contributed by atoms with Gasteiger partial charge in [-0.15, -0.1) is 0 Å².